The molecule has 0 atom stereocenters. The minimum absolute atomic E-state index is 0.0341. The van der Waals surface area contributed by atoms with Crippen molar-refractivity contribution in [3.8, 4) is 11.5 Å². The Morgan fingerprint density at radius 2 is 1.68 bits per heavy atom. The molecule has 146 valence electrons. The van der Waals surface area contributed by atoms with Crippen LogP contribution in [0.5, 0.6) is 11.5 Å². The number of rotatable bonds is 7. The number of nitrogens with one attached hydrogen (secondary N) is 1. The largest absolute Gasteiger partial charge is 0.493 e. The van der Waals surface area contributed by atoms with Gasteiger partial charge >= 0.3 is 10.1 Å². The molecule has 0 bridgehead atoms. The Balaban J connectivity index is 1.84. The van der Waals surface area contributed by atoms with E-state index in [-0.39, 0.29) is 21.4 Å². The van der Waals surface area contributed by atoms with Crippen molar-refractivity contribution in [2.45, 2.75) is 18.4 Å². The molecule has 0 heterocycles. The molecule has 0 aliphatic heterocycles. The van der Waals surface area contributed by atoms with Crippen molar-refractivity contribution in [1.29, 1.82) is 0 Å². The second kappa shape index (κ2) is 8.54. The highest BCUT2D eigenvalue weighted by Gasteiger charge is 2.22. The Morgan fingerprint density at radius 3 is 2.32 bits per heavy atom. The molecular formula is C21H20ClNO4S. The summed E-state index contributed by atoms with van der Waals surface area (Å²) in [5.41, 5.74) is 2.73. The van der Waals surface area contributed by atoms with Crippen molar-refractivity contribution in [2.24, 2.45) is 0 Å². The smallest absolute Gasteiger partial charge is 0.339 e. The monoisotopic (exact) mass is 417 g/mol. The standard InChI is InChI=1S/C21H20ClNO4S/c1-15-8-10-18(11-9-15)28(24,25)27-21-19(22)12-16(13-20(21)26-2)14-23-17-6-4-3-5-7-17/h3-13,23H,14H2,1-2H3. The molecule has 0 aliphatic carbocycles. The number of aryl methyl sites for hydroxylation is 1. The van der Waals surface area contributed by atoms with E-state index < -0.39 is 10.1 Å². The average Bonchev–Trinajstić information content (AvgIpc) is 2.69. The van der Waals surface area contributed by atoms with Gasteiger partial charge in [0, 0.05) is 12.2 Å². The Kier molecular flexibility index (Phi) is 6.11. The van der Waals surface area contributed by atoms with E-state index >= 15 is 0 Å². The van der Waals surface area contributed by atoms with E-state index in [0.29, 0.717) is 6.54 Å². The highest BCUT2D eigenvalue weighted by atomic mass is 35.5. The lowest BCUT2D eigenvalue weighted by Gasteiger charge is -2.15. The summed E-state index contributed by atoms with van der Waals surface area (Å²) in [6, 6.07) is 19.4. The van der Waals surface area contributed by atoms with Crippen molar-refractivity contribution < 1.29 is 17.3 Å². The van der Waals surface area contributed by atoms with Crippen LogP contribution in [0.15, 0.2) is 71.6 Å². The first-order valence-electron chi connectivity index (χ1n) is 8.55. The van der Waals surface area contributed by atoms with E-state index in [1.165, 1.54) is 19.2 Å². The van der Waals surface area contributed by atoms with Crippen LogP contribution in [0.2, 0.25) is 5.02 Å². The molecular weight excluding hydrogens is 398 g/mol. The van der Waals surface area contributed by atoms with Crippen LogP contribution in [0.1, 0.15) is 11.1 Å². The molecule has 28 heavy (non-hydrogen) atoms. The minimum Gasteiger partial charge on any atom is -0.493 e. The predicted octanol–water partition coefficient (Wildman–Crippen LogP) is 5.04. The first-order chi connectivity index (χ1) is 13.4. The minimum atomic E-state index is -4.03. The summed E-state index contributed by atoms with van der Waals surface area (Å²) in [5.74, 6) is 0.209. The van der Waals surface area contributed by atoms with Gasteiger partial charge in [0.2, 0.25) is 5.75 Å². The van der Waals surface area contributed by atoms with Gasteiger partial charge in [0.05, 0.1) is 12.1 Å². The molecule has 0 radical (unpaired) electrons. The molecule has 7 heteroatoms. The number of methoxy groups -OCH3 is 1. The Hall–Kier alpha value is -2.70. The number of benzene rings is 3. The fourth-order valence-electron chi connectivity index (χ4n) is 2.58. The van der Waals surface area contributed by atoms with E-state index in [1.54, 1.807) is 24.3 Å². The molecule has 1 N–H and O–H groups in total. The maximum absolute atomic E-state index is 12.6. The maximum atomic E-state index is 12.6. The van der Waals surface area contributed by atoms with Crippen LogP contribution in [-0.4, -0.2) is 15.5 Å². The Labute approximate surface area is 170 Å². The van der Waals surface area contributed by atoms with Gasteiger partial charge in [0.1, 0.15) is 4.90 Å². The van der Waals surface area contributed by atoms with Gasteiger partial charge in [0.25, 0.3) is 0 Å². The topological polar surface area (TPSA) is 64.6 Å². The van der Waals surface area contributed by atoms with Crippen molar-refractivity contribution in [3.63, 3.8) is 0 Å². The molecule has 0 unspecified atom stereocenters. The first kappa shape index (κ1) is 20.0. The summed E-state index contributed by atoms with van der Waals surface area (Å²) in [6.45, 7) is 2.37. The van der Waals surface area contributed by atoms with Gasteiger partial charge in [-0.2, -0.15) is 8.42 Å². The highest BCUT2D eigenvalue weighted by molar-refractivity contribution is 7.87. The molecule has 0 spiro atoms. The number of halogens is 1. The Morgan fingerprint density at radius 1 is 1.00 bits per heavy atom. The van der Waals surface area contributed by atoms with E-state index in [4.69, 9.17) is 20.5 Å². The summed E-state index contributed by atoms with van der Waals surface area (Å²) in [4.78, 5) is 0.0473. The van der Waals surface area contributed by atoms with E-state index in [1.807, 2.05) is 37.3 Å². The van der Waals surface area contributed by atoms with Crippen molar-refractivity contribution in [2.75, 3.05) is 12.4 Å². The number of hydrogen-bond acceptors (Lipinski definition) is 5. The van der Waals surface area contributed by atoms with Crippen molar-refractivity contribution in [1.82, 2.24) is 0 Å². The lowest BCUT2D eigenvalue weighted by molar-refractivity contribution is 0.390. The van der Waals surface area contributed by atoms with Gasteiger partial charge in [-0.15, -0.1) is 0 Å². The maximum Gasteiger partial charge on any atom is 0.339 e. The second-order valence-electron chi connectivity index (χ2n) is 6.18. The number of ether oxygens (including phenoxy) is 1. The van der Waals surface area contributed by atoms with Crippen LogP contribution in [-0.2, 0) is 16.7 Å². The SMILES string of the molecule is COc1cc(CNc2ccccc2)cc(Cl)c1OS(=O)(=O)c1ccc(C)cc1. The normalized spacial score (nSPS) is 11.1. The summed E-state index contributed by atoms with van der Waals surface area (Å²) < 4.78 is 35.8. The van der Waals surface area contributed by atoms with Gasteiger partial charge in [-0.3, -0.25) is 0 Å². The fraction of sp³-hybridized carbons (Fsp3) is 0.143. The molecule has 0 saturated heterocycles. The molecule has 0 fully saturated rings. The van der Waals surface area contributed by atoms with Crippen LogP contribution in [0.4, 0.5) is 5.69 Å². The third-order valence-corrected chi connectivity index (χ3v) is 5.58. The van der Waals surface area contributed by atoms with Gasteiger partial charge in [-0.1, -0.05) is 47.5 Å². The van der Waals surface area contributed by atoms with Crippen LogP contribution >= 0.6 is 11.6 Å². The van der Waals surface area contributed by atoms with Crippen LogP contribution in [0.3, 0.4) is 0 Å². The molecule has 0 amide bonds. The lowest BCUT2D eigenvalue weighted by atomic mass is 10.2. The third kappa shape index (κ3) is 4.77. The quantitative estimate of drug-likeness (QED) is 0.546. The Bertz CT molecular complexity index is 1050. The number of para-hydroxylation sites is 1. The average molecular weight is 418 g/mol. The van der Waals surface area contributed by atoms with Crippen LogP contribution in [0, 0.1) is 6.92 Å². The zero-order valence-corrected chi connectivity index (χ0v) is 17.0. The van der Waals surface area contributed by atoms with Crippen LogP contribution in [0.25, 0.3) is 0 Å². The molecule has 0 aromatic heterocycles. The lowest BCUT2D eigenvalue weighted by Crippen LogP contribution is -2.11. The van der Waals surface area contributed by atoms with Gasteiger partial charge in [-0.05, 0) is 48.9 Å². The third-order valence-electron chi connectivity index (χ3n) is 4.06. The zero-order valence-electron chi connectivity index (χ0n) is 15.5. The first-order valence-corrected chi connectivity index (χ1v) is 10.3. The van der Waals surface area contributed by atoms with Gasteiger partial charge in [0.15, 0.2) is 5.75 Å². The molecule has 3 aromatic rings. The van der Waals surface area contributed by atoms with E-state index in [9.17, 15) is 8.42 Å². The number of anilines is 1. The van der Waals surface area contributed by atoms with Gasteiger partial charge in [-0.25, -0.2) is 0 Å². The summed E-state index contributed by atoms with van der Waals surface area (Å²) in [7, 11) is -2.60. The molecule has 3 rings (SSSR count). The van der Waals surface area contributed by atoms with Crippen molar-refractivity contribution in [3.05, 3.63) is 82.9 Å². The summed E-state index contributed by atoms with van der Waals surface area (Å²) in [5, 5.41) is 3.42. The molecule has 0 saturated carbocycles. The summed E-state index contributed by atoms with van der Waals surface area (Å²) in [6.07, 6.45) is 0. The summed E-state index contributed by atoms with van der Waals surface area (Å²) >= 11 is 6.32. The predicted molar refractivity (Wildman–Crippen MR) is 111 cm³/mol. The molecule has 0 aliphatic rings. The zero-order chi connectivity index (χ0) is 20.1. The highest BCUT2D eigenvalue weighted by Crippen LogP contribution is 2.38. The second-order valence-corrected chi connectivity index (χ2v) is 8.13. The van der Waals surface area contributed by atoms with E-state index in [0.717, 1.165) is 16.8 Å². The fourth-order valence-corrected chi connectivity index (χ4v) is 3.85. The van der Waals surface area contributed by atoms with E-state index in [2.05, 4.69) is 5.32 Å². The molecule has 3 aromatic carbocycles. The molecule has 5 nitrogen and oxygen atoms in total. The van der Waals surface area contributed by atoms with Gasteiger partial charge < -0.3 is 14.2 Å². The van der Waals surface area contributed by atoms with Crippen LogP contribution < -0.4 is 14.2 Å². The number of hydrogen-bond donors (Lipinski definition) is 1. The van der Waals surface area contributed by atoms with Crippen molar-refractivity contribution >= 4 is 27.4 Å².